The fraction of sp³-hybridized carbons (Fsp3) is 0.312. The number of nitrogens with zero attached hydrogens (tertiary/aromatic N) is 3. The average Bonchev–Trinajstić information content (AvgIpc) is 3.30. The van der Waals surface area contributed by atoms with Crippen LogP contribution in [-0.2, 0) is 27.1 Å². The number of carbonyl (C=O) groups is 2. The minimum absolute atomic E-state index is 0.146. The SMILES string of the molecule is CCOc1c2c(c(OC(C)C)c3ncccc13)CN(c1ccc(CS(=O)(=O)NC(=O)C(C)c3ccccn3)cc1C)C2=O. The van der Waals surface area contributed by atoms with Gasteiger partial charge in [0.2, 0.25) is 15.9 Å². The number of anilines is 1. The number of amides is 2. The predicted molar refractivity (Wildman–Crippen MR) is 164 cm³/mol. The van der Waals surface area contributed by atoms with Crippen LogP contribution in [0.1, 0.15) is 66.4 Å². The molecule has 0 aliphatic carbocycles. The molecule has 11 heteroatoms. The highest BCUT2D eigenvalue weighted by molar-refractivity contribution is 7.89. The topological polar surface area (TPSA) is 128 Å². The van der Waals surface area contributed by atoms with Crippen LogP contribution < -0.4 is 19.1 Å². The van der Waals surface area contributed by atoms with Gasteiger partial charge in [0.1, 0.15) is 11.3 Å². The van der Waals surface area contributed by atoms with Crippen LogP contribution in [0, 0.1) is 6.92 Å². The smallest absolute Gasteiger partial charge is 0.262 e. The lowest BCUT2D eigenvalue weighted by Crippen LogP contribution is -2.34. The van der Waals surface area contributed by atoms with Crippen molar-refractivity contribution in [1.29, 1.82) is 0 Å². The molecule has 2 aromatic carbocycles. The first-order valence-electron chi connectivity index (χ1n) is 14.1. The second-order valence-corrected chi connectivity index (χ2v) is 12.4. The number of hydrogen-bond acceptors (Lipinski definition) is 8. The number of aromatic nitrogens is 2. The molecule has 224 valence electrons. The lowest BCUT2D eigenvalue weighted by atomic mass is 10.0. The molecule has 0 bridgehead atoms. The molecular formula is C32H34N4O6S. The Morgan fingerprint density at radius 1 is 1.05 bits per heavy atom. The highest BCUT2D eigenvalue weighted by Crippen LogP contribution is 2.46. The molecule has 1 atom stereocenters. The summed E-state index contributed by atoms with van der Waals surface area (Å²) in [5.41, 5.74) is 4.05. The fourth-order valence-electron chi connectivity index (χ4n) is 5.26. The molecule has 2 aromatic heterocycles. The first kappa shape index (κ1) is 30.0. The van der Waals surface area contributed by atoms with E-state index in [1.807, 2.05) is 33.8 Å². The molecule has 0 fully saturated rings. The lowest BCUT2D eigenvalue weighted by Gasteiger charge is -2.20. The van der Waals surface area contributed by atoms with Crippen LogP contribution in [0.25, 0.3) is 10.9 Å². The van der Waals surface area contributed by atoms with E-state index in [2.05, 4.69) is 14.7 Å². The van der Waals surface area contributed by atoms with Crippen LogP contribution >= 0.6 is 0 Å². The Hall–Kier alpha value is -4.51. The lowest BCUT2D eigenvalue weighted by molar-refractivity contribution is -0.120. The number of nitrogens with one attached hydrogen (secondary N) is 1. The number of sulfonamides is 1. The Balaban J connectivity index is 1.42. The van der Waals surface area contributed by atoms with E-state index in [9.17, 15) is 18.0 Å². The molecule has 1 aliphatic rings. The van der Waals surface area contributed by atoms with Crippen LogP contribution in [0.4, 0.5) is 5.69 Å². The molecule has 0 spiro atoms. The maximum absolute atomic E-state index is 14.0. The molecular weight excluding hydrogens is 568 g/mol. The molecule has 0 radical (unpaired) electrons. The summed E-state index contributed by atoms with van der Waals surface area (Å²) in [6.07, 6.45) is 3.09. The van der Waals surface area contributed by atoms with Crippen molar-refractivity contribution in [3.05, 3.63) is 88.9 Å². The van der Waals surface area contributed by atoms with Crippen molar-refractivity contribution in [3.63, 3.8) is 0 Å². The average molecular weight is 603 g/mol. The summed E-state index contributed by atoms with van der Waals surface area (Å²) in [7, 11) is -3.99. The van der Waals surface area contributed by atoms with Crippen LogP contribution in [0.3, 0.4) is 0 Å². The third kappa shape index (κ3) is 6.03. The van der Waals surface area contributed by atoms with E-state index in [0.717, 1.165) is 0 Å². The number of fused-ring (bicyclic) bond motifs is 2. The van der Waals surface area contributed by atoms with E-state index in [0.29, 0.717) is 62.6 Å². The highest BCUT2D eigenvalue weighted by Gasteiger charge is 2.38. The number of aryl methyl sites for hydroxylation is 1. The number of hydrogen-bond donors (Lipinski definition) is 1. The normalized spacial score (nSPS) is 13.7. The fourth-order valence-corrected chi connectivity index (χ4v) is 6.44. The van der Waals surface area contributed by atoms with Crippen molar-refractivity contribution in [1.82, 2.24) is 14.7 Å². The molecule has 0 saturated heterocycles. The minimum Gasteiger partial charge on any atom is -0.492 e. The number of rotatable bonds is 10. The second-order valence-electron chi connectivity index (χ2n) is 10.7. The van der Waals surface area contributed by atoms with Crippen molar-refractivity contribution in [2.24, 2.45) is 0 Å². The van der Waals surface area contributed by atoms with E-state index < -0.39 is 27.6 Å². The van der Waals surface area contributed by atoms with E-state index in [-0.39, 0.29) is 18.6 Å². The van der Waals surface area contributed by atoms with Gasteiger partial charge in [0, 0.05) is 29.0 Å². The zero-order valence-electron chi connectivity index (χ0n) is 24.7. The van der Waals surface area contributed by atoms with Crippen LogP contribution in [0.5, 0.6) is 11.5 Å². The monoisotopic (exact) mass is 602 g/mol. The largest absolute Gasteiger partial charge is 0.492 e. The van der Waals surface area contributed by atoms with Gasteiger partial charge in [-0.1, -0.05) is 18.2 Å². The Bertz CT molecular complexity index is 1810. The van der Waals surface area contributed by atoms with Crippen molar-refractivity contribution in [2.75, 3.05) is 11.5 Å². The van der Waals surface area contributed by atoms with Gasteiger partial charge in [-0.25, -0.2) is 8.42 Å². The third-order valence-corrected chi connectivity index (χ3v) is 8.40. The maximum atomic E-state index is 14.0. The zero-order valence-corrected chi connectivity index (χ0v) is 25.6. The van der Waals surface area contributed by atoms with Gasteiger partial charge >= 0.3 is 0 Å². The Kier molecular flexibility index (Phi) is 8.36. The Labute approximate surface area is 251 Å². The van der Waals surface area contributed by atoms with E-state index in [4.69, 9.17) is 9.47 Å². The van der Waals surface area contributed by atoms with Crippen LogP contribution in [-0.4, -0.2) is 42.9 Å². The van der Waals surface area contributed by atoms with E-state index >= 15 is 0 Å². The first-order valence-corrected chi connectivity index (χ1v) is 15.8. The molecule has 1 unspecified atom stereocenters. The molecule has 5 rings (SSSR count). The van der Waals surface area contributed by atoms with Gasteiger partial charge < -0.3 is 14.4 Å². The van der Waals surface area contributed by atoms with Gasteiger partial charge in [0.05, 0.1) is 42.2 Å². The maximum Gasteiger partial charge on any atom is 0.262 e. The van der Waals surface area contributed by atoms with Crippen molar-refractivity contribution in [2.45, 2.75) is 58.9 Å². The summed E-state index contributed by atoms with van der Waals surface area (Å²) in [6.45, 7) is 9.73. The summed E-state index contributed by atoms with van der Waals surface area (Å²) < 4.78 is 40.2. The number of carbonyl (C=O) groups excluding carboxylic acids is 2. The van der Waals surface area contributed by atoms with E-state index in [1.54, 1.807) is 66.7 Å². The molecule has 0 saturated carbocycles. The standard InChI is InChI=1S/C32H34N4O6S/c1-6-41-29-23-10-9-15-34-28(23)30(42-19(2)3)24-17-36(32(38)27(24)29)26-13-12-22(16-20(26)4)18-43(39,40)35-31(37)21(5)25-11-7-8-14-33-25/h7-16,19,21H,6,17-18H2,1-5H3,(H,35,37). The second kappa shape index (κ2) is 12.0. The van der Waals surface area contributed by atoms with Gasteiger partial charge in [0.15, 0.2) is 5.75 Å². The molecule has 3 heterocycles. The summed E-state index contributed by atoms with van der Waals surface area (Å²) >= 11 is 0. The highest BCUT2D eigenvalue weighted by atomic mass is 32.2. The number of pyridine rings is 2. The minimum atomic E-state index is -3.99. The van der Waals surface area contributed by atoms with Gasteiger partial charge in [-0.15, -0.1) is 0 Å². The third-order valence-electron chi connectivity index (χ3n) is 7.18. The van der Waals surface area contributed by atoms with E-state index in [1.165, 1.54) is 0 Å². The molecule has 1 aliphatic heterocycles. The molecule has 10 nitrogen and oxygen atoms in total. The van der Waals surface area contributed by atoms with Crippen LogP contribution in [0.15, 0.2) is 60.9 Å². The van der Waals surface area contributed by atoms with Crippen molar-refractivity contribution >= 4 is 38.4 Å². The van der Waals surface area contributed by atoms with Gasteiger partial charge in [0.25, 0.3) is 5.91 Å². The first-order chi connectivity index (χ1) is 20.5. The molecule has 1 N–H and O–H groups in total. The summed E-state index contributed by atoms with van der Waals surface area (Å²) in [5, 5.41) is 0.700. The molecule has 2 amide bonds. The van der Waals surface area contributed by atoms with Gasteiger partial charge in [-0.3, -0.25) is 24.3 Å². The van der Waals surface area contributed by atoms with Gasteiger partial charge in [-0.2, -0.15) is 0 Å². The number of benzene rings is 2. The zero-order chi connectivity index (χ0) is 30.9. The van der Waals surface area contributed by atoms with Crippen molar-refractivity contribution in [3.8, 4) is 11.5 Å². The van der Waals surface area contributed by atoms with Crippen molar-refractivity contribution < 1.29 is 27.5 Å². The molecule has 43 heavy (non-hydrogen) atoms. The summed E-state index contributed by atoms with van der Waals surface area (Å²) in [4.78, 5) is 37.0. The number of ether oxygens (including phenoxy) is 2. The van der Waals surface area contributed by atoms with Crippen LogP contribution in [0.2, 0.25) is 0 Å². The van der Waals surface area contributed by atoms with Gasteiger partial charge in [-0.05, 0) is 76.1 Å². The Morgan fingerprint density at radius 2 is 1.81 bits per heavy atom. The summed E-state index contributed by atoms with van der Waals surface area (Å²) in [5.74, 6) is -1.01. The quantitative estimate of drug-likeness (QED) is 0.268. The predicted octanol–water partition coefficient (Wildman–Crippen LogP) is 5.03. The summed E-state index contributed by atoms with van der Waals surface area (Å²) in [6, 6.07) is 13.9. The molecule has 4 aromatic rings. The Morgan fingerprint density at radius 3 is 2.49 bits per heavy atom.